The van der Waals surface area contributed by atoms with Gasteiger partial charge < -0.3 is 20.5 Å². The zero-order chi connectivity index (χ0) is 22.6. The fourth-order valence-electron chi connectivity index (χ4n) is 4.19. The van der Waals surface area contributed by atoms with Gasteiger partial charge in [-0.1, -0.05) is 42.5 Å². The van der Waals surface area contributed by atoms with E-state index in [-0.39, 0.29) is 18.4 Å². The highest BCUT2D eigenvalue weighted by atomic mass is 32.2. The number of carbonyl (C=O) groups excluding carboxylic acids is 1. The maximum atomic E-state index is 13.3. The largest absolute Gasteiger partial charge is 0.724 e. The van der Waals surface area contributed by atoms with Crippen LogP contribution in [0.3, 0.4) is 0 Å². The predicted octanol–water partition coefficient (Wildman–Crippen LogP) is 2.51. The standard InChI is InChI=1S/C23H32N4O3S/c1-26(20(16-19-12-8-14-25-19)17-9-5-4-6-10-17)22(28)15-18-11-7-13-21(23(18)24)27(2,3)31(29)30/h4-7,9-11,13,19-20,25H,8,12,14-16,24H2,1-3H3/t19?,20-/m0/s1. The van der Waals surface area contributed by atoms with Crippen molar-refractivity contribution in [3.63, 3.8) is 0 Å². The van der Waals surface area contributed by atoms with Crippen LogP contribution in [0.15, 0.2) is 48.5 Å². The smallest absolute Gasteiger partial charge is 0.227 e. The first kappa shape index (κ1) is 23.4. The maximum absolute atomic E-state index is 13.3. The molecule has 168 valence electrons. The van der Waals surface area contributed by atoms with E-state index in [0.717, 1.165) is 31.4 Å². The minimum absolute atomic E-state index is 0.0462. The Morgan fingerprint density at radius 2 is 1.97 bits per heavy atom. The van der Waals surface area contributed by atoms with Gasteiger partial charge in [-0.2, -0.15) is 0 Å². The lowest BCUT2D eigenvalue weighted by molar-refractivity contribution is -0.131. The molecule has 1 heterocycles. The van der Waals surface area contributed by atoms with Gasteiger partial charge in [0.15, 0.2) is 17.0 Å². The van der Waals surface area contributed by atoms with Crippen LogP contribution in [-0.2, 0) is 22.5 Å². The quantitative estimate of drug-likeness (QED) is 0.370. The molecule has 1 fully saturated rings. The number of benzene rings is 2. The Bertz CT molecular complexity index is 930. The molecule has 0 radical (unpaired) electrons. The zero-order valence-electron chi connectivity index (χ0n) is 18.4. The molecule has 1 aliphatic heterocycles. The Morgan fingerprint density at radius 3 is 2.58 bits per heavy atom. The normalized spacial score (nSPS) is 18.5. The molecule has 0 saturated carbocycles. The van der Waals surface area contributed by atoms with Crippen LogP contribution in [0.4, 0.5) is 11.4 Å². The number of nitrogen functional groups attached to an aromatic ring is 1. The minimum atomic E-state index is -2.40. The van der Waals surface area contributed by atoms with Gasteiger partial charge >= 0.3 is 0 Å². The maximum Gasteiger partial charge on any atom is 0.227 e. The summed E-state index contributed by atoms with van der Waals surface area (Å²) >= 11 is -2.40. The van der Waals surface area contributed by atoms with Crippen LogP contribution < -0.4 is 14.9 Å². The summed E-state index contributed by atoms with van der Waals surface area (Å²) in [6.07, 6.45) is 3.23. The number of nitrogens with two attached hydrogens (primary N) is 1. The van der Waals surface area contributed by atoms with Crippen molar-refractivity contribution < 1.29 is 13.6 Å². The number of hydrogen-bond acceptors (Lipinski definition) is 5. The summed E-state index contributed by atoms with van der Waals surface area (Å²) in [6, 6.07) is 15.6. The van der Waals surface area contributed by atoms with Crippen LogP contribution in [0.1, 0.15) is 36.4 Å². The highest BCUT2D eigenvalue weighted by Crippen LogP contribution is 2.32. The lowest BCUT2D eigenvalue weighted by Gasteiger charge is -2.32. The van der Waals surface area contributed by atoms with Crippen molar-refractivity contribution in [1.29, 1.82) is 0 Å². The number of carbonyl (C=O) groups is 1. The topological polar surface area (TPSA) is 98.5 Å². The average Bonchev–Trinajstić information content (AvgIpc) is 3.26. The highest BCUT2D eigenvalue weighted by molar-refractivity contribution is 7.78. The molecule has 8 heteroatoms. The van der Waals surface area contributed by atoms with E-state index in [4.69, 9.17) is 5.73 Å². The van der Waals surface area contributed by atoms with Crippen LogP contribution in [0, 0.1) is 0 Å². The number of para-hydroxylation sites is 1. The molecule has 1 saturated heterocycles. The van der Waals surface area contributed by atoms with Gasteiger partial charge in [-0.05, 0) is 36.9 Å². The van der Waals surface area contributed by atoms with Gasteiger partial charge in [0.1, 0.15) is 0 Å². The van der Waals surface area contributed by atoms with Crippen molar-refractivity contribution >= 4 is 28.5 Å². The molecular formula is C23H32N4O3S. The van der Waals surface area contributed by atoms with Crippen LogP contribution in [0.25, 0.3) is 0 Å². The molecular weight excluding hydrogens is 412 g/mol. The van der Waals surface area contributed by atoms with E-state index in [2.05, 4.69) is 17.4 Å². The second-order valence-corrected chi connectivity index (χ2v) is 9.90. The number of hydrogen-bond donors (Lipinski definition) is 2. The van der Waals surface area contributed by atoms with Crippen molar-refractivity contribution in [2.45, 2.75) is 37.8 Å². The molecule has 0 spiro atoms. The van der Waals surface area contributed by atoms with Crippen molar-refractivity contribution in [2.24, 2.45) is 0 Å². The first-order chi connectivity index (χ1) is 14.7. The van der Waals surface area contributed by atoms with Gasteiger partial charge in [-0.15, -0.1) is 0 Å². The highest BCUT2D eigenvalue weighted by Gasteiger charge is 2.29. The molecule has 3 rings (SSSR count). The molecule has 2 aromatic rings. The van der Waals surface area contributed by atoms with Crippen molar-refractivity contribution in [2.75, 3.05) is 33.4 Å². The second kappa shape index (κ2) is 9.91. The first-order valence-corrected chi connectivity index (χ1v) is 11.6. The Kier molecular flexibility index (Phi) is 7.48. The number of anilines is 1. The summed E-state index contributed by atoms with van der Waals surface area (Å²) in [6.45, 7) is 1.02. The zero-order valence-corrected chi connectivity index (χ0v) is 19.2. The van der Waals surface area contributed by atoms with E-state index in [1.54, 1.807) is 37.2 Å². The molecule has 2 aromatic carbocycles. The Balaban J connectivity index is 1.83. The first-order valence-electron chi connectivity index (χ1n) is 10.6. The summed E-state index contributed by atoms with van der Waals surface area (Å²) < 4.78 is 22.9. The third-order valence-corrected chi connectivity index (χ3v) is 7.13. The summed E-state index contributed by atoms with van der Waals surface area (Å²) in [4.78, 5) is 15.1. The van der Waals surface area contributed by atoms with Gasteiger partial charge in [0.25, 0.3) is 0 Å². The monoisotopic (exact) mass is 444 g/mol. The summed E-state index contributed by atoms with van der Waals surface area (Å²) in [5, 5.41) is 3.53. The number of nitrogens with zero attached hydrogens (tertiary/aromatic N) is 2. The Labute approximate surface area is 187 Å². The Hall–Kier alpha value is -2.26. The van der Waals surface area contributed by atoms with Crippen LogP contribution >= 0.6 is 0 Å². The van der Waals surface area contributed by atoms with E-state index in [1.807, 2.05) is 25.2 Å². The van der Waals surface area contributed by atoms with Crippen molar-refractivity contribution in [3.8, 4) is 0 Å². The fourth-order valence-corrected chi connectivity index (χ4v) is 4.51. The summed E-state index contributed by atoms with van der Waals surface area (Å²) in [5.41, 5.74) is 8.84. The fraction of sp³-hybridized carbons (Fsp3) is 0.435. The van der Waals surface area contributed by atoms with E-state index in [0.29, 0.717) is 23.0 Å². The molecule has 0 aromatic heterocycles. The van der Waals surface area contributed by atoms with Gasteiger partial charge in [-0.3, -0.25) is 4.79 Å². The van der Waals surface area contributed by atoms with E-state index < -0.39 is 15.2 Å². The van der Waals surface area contributed by atoms with E-state index >= 15 is 0 Å². The number of rotatable bonds is 8. The van der Waals surface area contributed by atoms with Gasteiger partial charge in [-0.25, -0.2) is 8.10 Å². The molecule has 3 N–H and O–H groups in total. The van der Waals surface area contributed by atoms with Crippen molar-refractivity contribution in [1.82, 2.24) is 14.1 Å². The molecule has 0 bridgehead atoms. The third-order valence-electron chi connectivity index (χ3n) is 6.18. The molecule has 0 aliphatic carbocycles. The number of quaternary nitrogens is 1. The van der Waals surface area contributed by atoms with E-state index in [1.165, 1.54) is 0 Å². The second-order valence-electron chi connectivity index (χ2n) is 8.55. The predicted molar refractivity (Wildman–Crippen MR) is 125 cm³/mol. The number of likely N-dealkylation sites (N-methyl/N-ethyl adjacent to an activating group) is 1. The molecule has 1 amide bonds. The summed E-state index contributed by atoms with van der Waals surface area (Å²) in [5.74, 6) is -0.0516. The minimum Gasteiger partial charge on any atom is -0.724 e. The van der Waals surface area contributed by atoms with Crippen LogP contribution in [-0.4, -0.2) is 53.3 Å². The van der Waals surface area contributed by atoms with E-state index in [9.17, 15) is 13.6 Å². The van der Waals surface area contributed by atoms with Crippen LogP contribution in [0.5, 0.6) is 0 Å². The molecule has 31 heavy (non-hydrogen) atoms. The molecule has 7 nitrogen and oxygen atoms in total. The van der Waals surface area contributed by atoms with Crippen LogP contribution in [0.2, 0.25) is 0 Å². The summed E-state index contributed by atoms with van der Waals surface area (Å²) in [7, 11) is 4.93. The molecule has 3 atom stereocenters. The third kappa shape index (κ3) is 5.33. The molecule has 2 unspecified atom stereocenters. The lowest BCUT2D eigenvalue weighted by atomic mass is 9.96. The SMILES string of the molecule is CN(C(=O)Cc1cccc([N+](C)(C)S(=O)[O-])c1N)[C@@H](CC1CCCN1)c1ccccc1. The van der Waals surface area contributed by atoms with Gasteiger partial charge in [0, 0.05) is 19.2 Å². The van der Waals surface area contributed by atoms with Crippen molar-refractivity contribution in [3.05, 3.63) is 59.7 Å². The number of amides is 1. The lowest BCUT2D eigenvalue weighted by Crippen LogP contribution is -2.42. The van der Waals surface area contributed by atoms with Gasteiger partial charge in [0.05, 0.1) is 32.2 Å². The molecule has 1 aliphatic rings. The van der Waals surface area contributed by atoms with Gasteiger partial charge in [0.2, 0.25) is 5.91 Å². The number of nitrogens with one attached hydrogen (secondary N) is 1. The Morgan fingerprint density at radius 1 is 1.26 bits per heavy atom. The average molecular weight is 445 g/mol.